The molecule has 0 spiro atoms. The van der Waals surface area contributed by atoms with Gasteiger partial charge in [-0.2, -0.15) is 0 Å². The van der Waals surface area contributed by atoms with Gasteiger partial charge < -0.3 is 20.6 Å². The first-order valence-electron chi connectivity index (χ1n) is 14.1. The molecule has 8 heteroatoms. The van der Waals surface area contributed by atoms with Crippen molar-refractivity contribution in [3.63, 3.8) is 0 Å². The molecule has 1 aliphatic rings. The van der Waals surface area contributed by atoms with Crippen LogP contribution in [0.2, 0.25) is 0 Å². The molecule has 0 aromatic heterocycles. The van der Waals surface area contributed by atoms with E-state index in [0.29, 0.717) is 17.9 Å². The first-order valence-corrected chi connectivity index (χ1v) is 14.1. The van der Waals surface area contributed by atoms with Crippen LogP contribution in [-0.2, 0) is 14.4 Å². The molecular weight excluding hydrogens is 468 g/mol. The molecule has 0 aromatic rings. The maximum atomic E-state index is 13.7. The van der Waals surface area contributed by atoms with Gasteiger partial charge in [0, 0.05) is 18.7 Å². The van der Waals surface area contributed by atoms with E-state index in [4.69, 9.17) is 0 Å². The van der Waals surface area contributed by atoms with Crippen LogP contribution in [0.1, 0.15) is 88.0 Å². The molecule has 1 fully saturated rings. The molecule has 37 heavy (non-hydrogen) atoms. The van der Waals surface area contributed by atoms with Crippen molar-refractivity contribution in [2.45, 2.75) is 118 Å². The third-order valence-corrected chi connectivity index (χ3v) is 7.31. The second-order valence-electron chi connectivity index (χ2n) is 12.1. The van der Waals surface area contributed by atoms with Crippen molar-refractivity contribution in [1.29, 1.82) is 0 Å². The topological polar surface area (TPSA) is 102 Å². The Morgan fingerprint density at radius 2 is 1.62 bits per heavy atom. The van der Waals surface area contributed by atoms with E-state index in [2.05, 4.69) is 29.4 Å². The molecule has 4 atom stereocenters. The quantitative estimate of drug-likeness (QED) is 0.322. The van der Waals surface area contributed by atoms with E-state index in [-0.39, 0.29) is 60.3 Å². The van der Waals surface area contributed by atoms with Crippen molar-refractivity contribution < 1.29 is 19.5 Å². The fourth-order valence-electron chi connectivity index (χ4n) is 5.11. The first kappa shape index (κ1) is 33.1. The zero-order valence-corrected chi connectivity index (χ0v) is 25.0. The van der Waals surface area contributed by atoms with Gasteiger partial charge in [0.2, 0.25) is 17.7 Å². The molecule has 3 amide bonds. The summed E-state index contributed by atoms with van der Waals surface area (Å²) < 4.78 is 0. The van der Waals surface area contributed by atoms with Gasteiger partial charge in [0.05, 0.1) is 24.7 Å². The number of likely N-dealkylation sites (N-methyl/N-ethyl adjacent to an activating group) is 1. The van der Waals surface area contributed by atoms with E-state index >= 15 is 0 Å². The lowest BCUT2D eigenvalue weighted by Crippen LogP contribution is -2.58. The van der Waals surface area contributed by atoms with Crippen LogP contribution in [-0.4, -0.2) is 83.0 Å². The van der Waals surface area contributed by atoms with Gasteiger partial charge in [0.1, 0.15) is 6.04 Å². The third kappa shape index (κ3) is 10.0. The summed E-state index contributed by atoms with van der Waals surface area (Å²) in [4.78, 5) is 43.7. The lowest BCUT2D eigenvalue weighted by molar-refractivity contribution is -0.140. The third-order valence-electron chi connectivity index (χ3n) is 7.31. The maximum absolute atomic E-state index is 13.7. The van der Waals surface area contributed by atoms with E-state index in [0.717, 1.165) is 25.8 Å². The van der Waals surface area contributed by atoms with Crippen molar-refractivity contribution in [2.75, 3.05) is 20.2 Å². The fraction of sp³-hybridized carbons (Fsp3) is 0.828. The number of nitrogens with one attached hydrogen (secondary N) is 2. The highest BCUT2D eigenvalue weighted by molar-refractivity contribution is 5.93. The van der Waals surface area contributed by atoms with Crippen LogP contribution in [0, 0.1) is 17.8 Å². The number of hydrogen-bond donors (Lipinski definition) is 3. The molecule has 214 valence electrons. The van der Waals surface area contributed by atoms with Crippen LogP contribution in [0.15, 0.2) is 11.6 Å². The van der Waals surface area contributed by atoms with E-state index in [1.807, 2.05) is 47.6 Å². The highest BCUT2D eigenvalue weighted by Gasteiger charge is 2.36. The minimum absolute atomic E-state index is 0.0549. The summed E-state index contributed by atoms with van der Waals surface area (Å²) in [7, 11) is 1.74. The number of likely N-dealkylation sites (tertiary alicyclic amines) is 1. The largest absolute Gasteiger partial charge is 0.394 e. The number of hydrogen-bond acceptors (Lipinski definition) is 5. The molecule has 1 saturated heterocycles. The van der Waals surface area contributed by atoms with Gasteiger partial charge in [-0.05, 0) is 64.3 Å². The van der Waals surface area contributed by atoms with Crippen LogP contribution >= 0.6 is 0 Å². The van der Waals surface area contributed by atoms with Crippen molar-refractivity contribution in [3.8, 4) is 0 Å². The summed E-state index contributed by atoms with van der Waals surface area (Å²) in [5.74, 6) is -0.172. The van der Waals surface area contributed by atoms with Gasteiger partial charge in [-0.15, -0.1) is 0 Å². The SMILES string of the molecule is C/C(=C\[C@H](C(C)C)N(C)C(=O)[C@@H](NC(=O)C1CCCCN1C(C)C)C(C)C)C(=O)N[C@H](CO)CC(C)C. The molecule has 0 saturated carbocycles. The molecule has 0 radical (unpaired) electrons. The molecule has 1 aliphatic heterocycles. The van der Waals surface area contributed by atoms with Crippen molar-refractivity contribution in [2.24, 2.45) is 17.8 Å². The minimum Gasteiger partial charge on any atom is -0.394 e. The number of amides is 3. The number of carbonyl (C=O) groups excluding carboxylic acids is 3. The van der Waals surface area contributed by atoms with Crippen LogP contribution in [0.25, 0.3) is 0 Å². The number of rotatable bonds is 13. The molecule has 1 rings (SSSR count). The molecule has 8 nitrogen and oxygen atoms in total. The second-order valence-corrected chi connectivity index (χ2v) is 12.1. The van der Waals surface area contributed by atoms with Crippen LogP contribution < -0.4 is 10.6 Å². The van der Waals surface area contributed by atoms with Gasteiger partial charge in [-0.3, -0.25) is 19.3 Å². The Hall–Kier alpha value is -1.93. The molecule has 0 aliphatic carbocycles. The van der Waals surface area contributed by atoms with Gasteiger partial charge in [-0.1, -0.05) is 54.0 Å². The van der Waals surface area contributed by atoms with Crippen molar-refractivity contribution in [1.82, 2.24) is 20.4 Å². The summed E-state index contributed by atoms with van der Waals surface area (Å²) in [6.45, 7) is 18.7. The molecule has 1 heterocycles. The highest BCUT2D eigenvalue weighted by atomic mass is 16.3. The van der Waals surface area contributed by atoms with Gasteiger partial charge in [0.15, 0.2) is 0 Å². The van der Waals surface area contributed by atoms with E-state index in [1.54, 1.807) is 18.9 Å². The molecule has 0 aromatic carbocycles. The van der Waals surface area contributed by atoms with Gasteiger partial charge in [0.25, 0.3) is 0 Å². The van der Waals surface area contributed by atoms with Gasteiger partial charge >= 0.3 is 0 Å². The van der Waals surface area contributed by atoms with Crippen LogP contribution in [0.5, 0.6) is 0 Å². The number of piperidine rings is 1. The Kier molecular flexibility index (Phi) is 13.8. The predicted octanol–water partition coefficient (Wildman–Crippen LogP) is 3.34. The lowest BCUT2D eigenvalue weighted by atomic mass is 9.95. The molecular formula is C29H54N4O4. The lowest BCUT2D eigenvalue weighted by Gasteiger charge is -2.39. The highest BCUT2D eigenvalue weighted by Crippen LogP contribution is 2.21. The minimum atomic E-state index is -0.651. The summed E-state index contributed by atoms with van der Waals surface area (Å²) in [6, 6.07) is -1.23. The Bertz CT molecular complexity index is 778. The summed E-state index contributed by atoms with van der Waals surface area (Å²) >= 11 is 0. The Morgan fingerprint density at radius 1 is 1.00 bits per heavy atom. The average Bonchev–Trinajstić information content (AvgIpc) is 2.83. The van der Waals surface area contributed by atoms with E-state index in [1.165, 1.54) is 0 Å². The summed E-state index contributed by atoms with van der Waals surface area (Å²) in [6.07, 6.45) is 5.41. The zero-order chi connectivity index (χ0) is 28.4. The maximum Gasteiger partial charge on any atom is 0.246 e. The van der Waals surface area contributed by atoms with E-state index < -0.39 is 6.04 Å². The summed E-state index contributed by atoms with van der Waals surface area (Å²) in [5.41, 5.74) is 0.500. The zero-order valence-electron chi connectivity index (χ0n) is 25.0. The van der Waals surface area contributed by atoms with Crippen molar-refractivity contribution >= 4 is 17.7 Å². The number of nitrogens with zero attached hydrogens (tertiary/aromatic N) is 2. The number of aliphatic hydroxyl groups is 1. The normalized spacial score (nSPS) is 19.8. The Labute approximate surface area is 225 Å². The summed E-state index contributed by atoms with van der Waals surface area (Å²) in [5, 5.41) is 15.6. The Balaban J connectivity index is 3.05. The van der Waals surface area contributed by atoms with E-state index in [9.17, 15) is 19.5 Å². The molecule has 3 N–H and O–H groups in total. The monoisotopic (exact) mass is 522 g/mol. The molecule has 0 bridgehead atoms. The fourth-order valence-corrected chi connectivity index (χ4v) is 5.11. The van der Waals surface area contributed by atoms with Crippen LogP contribution in [0.3, 0.4) is 0 Å². The standard InChI is InChI=1S/C29H54N4O4/c1-18(2)15-23(17-34)30-27(35)22(9)16-25(19(3)4)32(10)29(37)26(20(5)6)31-28(36)24-13-11-12-14-33(24)21(7)8/h16,18-21,23-26,34H,11-15,17H2,1-10H3,(H,30,35)(H,31,36)/b22-16+/t23-,24?,25+,26-/m0/s1. The van der Waals surface area contributed by atoms with Crippen molar-refractivity contribution in [3.05, 3.63) is 11.6 Å². The number of aliphatic hydroxyl groups excluding tert-OH is 1. The van der Waals surface area contributed by atoms with Gasteiger partial charge in [-0.25, -0.2) is 0 Å². The predicted molar refractivity (Wildman–Crippen MR) is 150 cm³/mol. The Morgan fingerprint density at radius 3 is 2.11 bits per heavy atom. The first-order chi connectivity index (χ1) is 17.2. The smallest absolute Gasteiger partial charge is 0.246 e. The second kappa shape index (κ2) is 15.5. The number of carbonyl (C=O) groups is 3. The molecule has 1 unspecified atom stereocenters. The van der Waals surface area contributed by atoms with Crippen LogP contribution in [0.4, 0.5) is 0 Å². The average molecular weight is 523 g/mol.